The topological polar surface area (TPSA) is 71.2 Å². The lowest BCUT2D eigenvalue weighted by atomic mass is 10.2. The van der Waals surface area contributed by atoms with Crippen LogP contribution in [0.3, 0.4) is 0 Å². The molecule has 0 bridgehead atoms. The quantitative estimate of drug-likeness (QED) is 0.734. The molecular weight excluding hydrogens is 204 g/mol. The zero-order valence-corrected chi connectivity index (χ0v) is 9.31. The van der Waals surface area contributed by atoms with E-state index in [0.717, 1.165) is 25.5 Å². The van der Waals surface area contributed by atoms with Crippen molar-refractivity contribution < 1.29 is 4.79 Å². The summed E-state index contributed by atoms with van der Waals surface area (Å²) in [7, 11) is 0. The summed E-state index contributed by atoms with van der Waals surface area (Å²) in [6, 6.07) is 5.74. The lowest BCUT2D eigenvalue weighted by Gasteiger charge is -2.35. The molecule has 1 atom stereocenters. The fourth-order valence-electron chi connectivity index (χ4n) is 1.90. The van der Waals surface area contributed by atoms with E-state index in [1.165, 1.54) is 0 Å². The first-order chi connectivity index (χ1) is 7.68. The van der Waals surface area contributed by atoms with Crippen LogP contribution in [0, 0.1) is 0 Å². The van der Waals surface area contributed by atoms with Crippen molar-refractivity contribution in [3.63, 3.8) is 0 Å². The van der Waals surface area contributed by atoms with Crippen molar-refractivity contribution in [2.24, 2.45) is 5.73 Å². The number of pyridine rings is 1. The summed E-state index contributed by atoms with van der Waals surface area (Å²) in [5.41, 5.74) is 5.54. The van der Waals surface area contributed by atoms with E-state index in [1.54, 1.807) is 6.07 Å². The Morgan fingerprint density at radius 1 is 1.62 bits per heavy atom. The number of hydrogen-bond acceptors (Lipinski definition) is 4. The van der Waals surface area contributed by atoms with Crippen molar-refractivity contribution in [1.29, 1.82) is 0 Å². The smallest absolute Gasteiger partial charge is 0.267 e. The third-order valence-electron chi connectivity index (χ3n) is 2.78. The van der Waals surface area contributed by atoms with E-state index in [2.05, 4.69) is 22.1 Å². The maximum absolute atomic E-state index is 11.0. The van der Waals surface area contributed by atoms with Crippen LogP contribution in [-0.4, -0.2) is 36.6 Å². The highest BCUT2D eigenvalue weighted by molar-refractivity contribution is 5.91. The van der Waals surface area contributed by atoms with Crippen LogP contribution in [0.1, 0.15) is 17.4 Å². The Kier molecular flexibility index (Phi) is 3.05. The molecule has 0 saturated carbocycles. The molecule has 1 aliphatic heterocycles. The van der Waals surface area contributed by atoms with Crippen LogP contribution in [-0.2, 0) is 0 Å². The van der Waals surface area contributed by atoms with Crippen LogP contribution in [0.4, 0.5) is 5.82 Å². The number of amides is 1. The number of rotatable bonds is 2. The summed E-state index contributed by atoms with van der Waals surface area (Å²) in [4.78, 5) is 17.5. The van der Waals surface area contributed by atoms with Crippen LogP contribution in [0.25, 0.3) is 0 Å². The van der Waals surface area contributed by atoms with E-state index in [9.17, 15) is 4.79 Å². The van der Waals surface area contributed by atoms with Crippen LogP contribution in [0.15, 0.2) is 18.2 Å². The summed E-state index contributed by atoms with van der Waals surface area (Å²) >= 11 is 0. The number of nitrogens with two attached hydrogens (primary N) is 1. The predicted molar refractivity (Wildman–Crippen MR) is 62.4 cm³/mol. The number of carbonyl (C=O) groups is 1. The van der Waals surface area contributed by atoms with Gasteiger partial charge in [0.25, 0.3) is 5.91 Å². The van der Waals surface area contributed by atoms with Crippen LogP contribution in [0.2, 0.25) is 0 Å². The van der Waals surface area contributed by atoms with E-state index >= 15 is 0 Å². The van der Waals surface area contributed by atoms with Crippen LogP contribution in [0.5, 0.6) is 0 Å². The monoisotopic (exact) mass is 220 g/mol. The lowest BCUT2D eigenvalue weighted by Crippen LogP contribution is -2.50. The number of primary amides is 1. The van der Waals surface area contributed by atoms with Crippen molar-refractivity contribution >= 4 is 11.7 Å². The van der Waals surface area contributed by atoms with E-state index in [0.29, 0.717) is 11.7 Å². The zero-order valence-electron chi connectivity index (χ0n) is 9.31. The number of aromatic nitrogens is 1. The first-order valence-electron chi connectivity index (χ1n) is 5.42. The normalized spacial score (nSPS) is 20.8. The predicted octanol–water partition coefficient (Wildman–Crippen LogP) is -0.0214. The van der Waals surface area contributed by atoms with Crippen molar-refractivity contribution in [3.8, 4) is 0 Å². The average Bonchev–Trinajstić information content (AvgIpc) is 2.30. The molecule has 0 spiro atoms. The zero-order chi connectivity index (χ0) is 11.5. The minimum atomic E-state index is -0.482. The average molecular weight is 220 g/mol. The SMILES string of the molecule is C[C@@H]1CNCCN1c1cccc(C(N)=O)n1. The molecule has 1 aromatic heterocycles. The Bertz CT molecular complexity index is 393. The highest BCUT2D eigenvalue weighted by atomic mass is 16.1. The molecular formula is C11H16N4O. The molecule has 1 aliphatic rings. The fraction of sp³-hybridized carbons (Fsp3) is 0.455. The Labute approximate surface area is 94.6 Å². The third kappa shape index (κ3) is 2.14. The Balaban J connectivity index is 2.25. The molecule has 1 amide bonds. The number of carbonyl (C=O) groups excluding carboxylic acids is 1. The van der Waals surface area contributed by atoms with Gasteiger partial charge in [0.05, 0.1) is 0 Å². The molecule has 0 unspecified atom stereocenters. The number of nitrogens with zero attached hydrogens (tertiary/aromatic N) is 2. The summed E-state index contributed by atoms with van der Waals surface area (Å²) in [5, 5.41) is 3.31. The number of piperazine rings is 1. The van der Waals surface area contributed by atoms with Gasteiger partial charge in [-0.2, -0.15) is 0 Å². The van der Waals surface area contributed by atoms with Gasteiger partial charge in [-0.3, -0.25) is 4.79 Å². The molecule has 0 radical (unpaired) electrons. The second kappa shape index (κ2) is 4.49. The second-order valence-corrected chi connectivity index (χ2v) is 3.99. The number of nitrogens with one attached hydrogen (secondary N) is 1. The highest BCUT2D eigenvalue weighted by Crippen LogP contribution is 2.15. The molecule has 5 nitrogen and oxygen atoms in total. The lowest BCUT2D eigenvalue weighted by molar-refractivity contribution is 0.0995. The highest BCUT2D eigenvalue weighted by Gasteiger charge is 2.19. The Morgan fingerprint density at radius 3 is 3.12 bits per heavy atom. The van der Waals surface area contributed by atoms with Gasteiger partial charge in [-0.1, -0.05) is 6.07 Å². The Hall–Kier alpha value is -1.62. The maximum Gasteiger partial charge on any atom is 0.267 e. The van der Waals surface area contributed by atoms with Gasteiger partial charge in [0.2, 0.25) is 0 Å². The van der Waals surface area contributed by atoms with Crippen molar-refractivity contribution in [2.75, 3.05) is 24.5 Å². The van der Waals surface area contributed by atoms with E-state index in [4.69, 9.17) is 5.73 Å². The van der Waals surface area contributed by atoms with Crippen molar-refractivity contribution in [1.82, 2.24) is 10.3 Å². The summed E-state index contributed by atoms with van der Waals surface area (Å²) in [6.45, 7) is 4.90. The second-order valence-electron chi connectivity index (χ2n) is 3.99. The fourth-order valence-corrected chi connectivity index (χ4v) is 1.90. The van der Waals surface area contributed by atoms with Gasteiger partial charge in [0, 0.05) is 25.7 Å². The molecule has 5 heteroatoms. The minimum Gasteiger partial charge on any atom is -0.364 e. The van der Waals surface area contributed by atoms with Crippen LogP contribution < -0.4 is 16.0 Å². The molecule has 86 valence electrons. The van der Waals surface area contributed by atoms with Gasteiger partial charge in [0.1, 0.15) is 11.5 Å². The number of hydrogen-bond donors (Lipinski definition) is 2. The summed E-state index contributed by atoms with van der Waals surface area (Å²) < 4.78 is 0. The van der Waals surface area contributed by atoms with E-state index in [1.807, 2.05) is 12.1 Å². The number of anilines is 1. The molecule has 0 aliphatic carbocycles. The maximum atomic E-state index is 11.0. The van der Waals surface area contributed by atoms with Gasteiger partial charge in [-0.05, 0) is 19.1 Å². The van der Waals surface area contributed by atoms with Gasteiger partial charge >= 0.3 is 0 Å². The van der Waals surface area contributed by atoms with Gasteiger partial charge in [0.15, 0.2) is 0 Å². The largest absolute Gasteiger partial charge is 0.364 e. The molecule has 1 fully saturated rings. The van der Waals surface area contributed by atoms with Gasteiger partial charge < -0.3 is 16.0 Å². The molecule has 1 aromatic rings. The van der Waals surface area contributed by atoms with Gasteiger partial charge in [-0.15, -0.1) is 0 Å². The van der Waals surface area contributed by atoms with E-state index < -0.39 is 5.91 Å². The summed E-state index contributed by atoms with van der Waals surface area (Å²) in [5.74, 6) is 0.343. The first kappa shape index (κ1) is 10.9. The third-order valence-corrected chi connectivity index (χ3v) is 2.78. The van der Waals surface area contributed by atoms with Crippen molar-refractivity contribution in [2.45, 2.75) is 13.0 Å². The summed E-state index contributed by atoms with van der Waals surface area (Å²) in [6.07, 6.45) is 0. The van der Waals surface area contributed by atoms with Gasteiger partial charge in [-0.25, -0.2) is 4.98 Å². The molecule has 2 heterocycles. The molecule has 16 heavy (non-hydrogen) atoms. The minimum absolute atomic E-state index is 0.322. The van der Waals surface area contributed by atoms with Crippen molar-refractivity contribution in [3.05, 3.63) is 23.9 Å². The molecule has 2 rings (SSSR count). The Morgan fingerprint density at radius 2 is 2.44 bits per heavy atom. The molecule has 1 saturated heterocycles. The van der Waals surface area contributed by atoms with Crippen LogP contribution >= 0.6 is 0 Å². The standard InChI is InChI=1S/C11H16N4O/c1-8-7-13-5-6-15(8)10-4-2-3-9(14-10)11(12)16/h2-4,8,13H,5-7H2,1H3,(H2,12,16)/t8-/m1/s1. The first-order valence-corrected chi connectivity index (χ1v) is 5.42. The molecule has 3 N–H and O–H groups in total. The molecule has 0 aromatic carbocycles. The van der Waals surface area contributed by atoms with E-state index in [-0.39, 0.29) is 0 Å².